The zero-order valence-electron chi connectivity index (χ0n) is 12.5. The Hall–Kier alpha value is -1.79. The molecule has 118 valence electrons. The van der Waals surface area contributed by atoms with Gasteiger partial charge in [-0.3, -0.25) is 4.79 Å². The number of para-hydroxylation sites is 2. The summed E-state index contributed by atoms with van der Waals surface area (Å²) in [7, 11) is 0. The molecule has 0 saturated heterocycles. The molecule has 4 nitrogen and oxygen atoms in total. The average Bonchev–Trinajstić information content (AvgIpc) is 2.97. The van der Waals surface area contributed by atoms with Crippen molar-refractivity contribution in [1.29, 1.82) is 0 Å². The monoisotopic (exact) mass is 389 g/mol. The molecule has 0 unspecified atom stereocenters. The minimum Gasteiger partial charge on any atom is -0.341 e. The van der Waals surface area contributed by atoms with Crippen LogP contribution in [-0.4, -0.2) is 21.6 Å². The highest BCUT2D eigenvalue weighted by molar-refractivity contribution is 9.10. The number of benzene rings is 2. The number of anilines is 1. The number of carbonyl (C=O) groups is 1. The highest BCUT2D eigenvalue weighted by Gasteiger charge is 2.13. The molecule has 0 aliphatic carbocycles. The average molecular weight is 390 g/mol. The topological polar surface area (TPSA) is 57.8 Å². The summed E-state index contributed by atoms with van der Waals surface area (Å²) in [6, 6.07) is 15.5. The van der Waals surface area contributed by atoms with Crippen LogP contribution in [0.1, 0.15) is 18.0 Å². The van der Waals surface area contributed by atoms with Gasteiger partial charge in [0.05, 0.1) is 22.0 Å². The van der Waals surface area contributed by atoms with Crippen molar-refractivity contribution in [2.45, 2.75) is 12.2 Å². The van der Waals surface area contributed by atoms with Crippen molar-refractivity contribution >= 4 is 50.3 Å². The molecule has 0 saturated carbocycles. The van der Waals surface area contributed by atoms with Gasteiger partial charge < -0.3 is 10.3 Å². The summed E-state index contributed by atoms with van der Waals surface area (Å²) >= 11 is 4.95. The molecule has 2 N–H and O–H groups in total. The Labute approximate surface area is 147 Å². The maximum Gasteiger partial charge on any atom is 0.234 e. The second-order valence-corrected chi connectivity index (χ2v) is 7.40. The number of hydrogen-bond donors (Lipinski definition) is 2. The third kappa shape index (κ3) is 4.14. The van der Waals surface area contributed by atoms with Gasteiger partial charge in [-0.15, -0.1) is 11.8 Å². The first-order chi connectivity index (χ1) is 11.1. The van der Waals surface area contributed by atoms with Crippen molar-refractivity contribution in [3.8, 4) is 0 Å². The Morgan fingerprint density at radius 3 is 2.91 bits per heavy atom. The van der Waals surface area contributed by atoms with E-state index in [4.69, 9.17) is 0 Å². The normalized spacial score (nSPS) is 12.3. The fourth-order valence-electron chi connectivity index (χ4n) is 2.21. The first-order valence-electron chi connectivity index (χ1n) is 7.23. The van der Waals surface area contributed by atoms with Crippen molar-refractivity contribution in [1.82, 2.24) is 9.97 Å². The number of rotatable bonds is 5. The van der Waals surface area contributed by atoms with E-state index in [-0.39, 0.29) is 11.2 Å². The van der Waals surface area contributed by atoms with Gasteiger partial charge in [-0.1, -0.05) is 34.1 Å². The minimum atomic E-state index is -0.0175. The molecule has 6 heteroatoms. The summed E-state index contributed by atoms with van der Waals surface area (Å²) in [5.41, 5.74) is 2.77. The van der Waals surface area contributed by atoms with E-state index in [1.165, 1.54) is 0 Å². The highest BCUT2D eigenvalue weighted by Crippen LogP contribution is 2.27. The number of amides is 1. The number of thioether (sulfide) groups is 1. The van der Waals surface area contributed by atoms with Crippen LogP contribution in [0.25, 0.3) is 11.0 Å². The fraction of sp³-hybridized carbons (Fsp3) is 0.176. The zero-order chi connectivity index (χ0) is 16.2. The quantitative estimate of drug-likeness (QED) is 0.661. The van der Waals surface area contributed by atoms with Gasteiger partial charge in [-0.25, -0.2) is 4.98 Å². The summed E-state index contributed by atoms with van der Waals surface area (Å²) < 4.78 is 0.943. The maximum atomic E-state index is 12.1. The Morgan fingerprint density at radius 1 is 1.30 bits per heavy atom. The van der Waals surface area contributed by atoms with Crippen LogP contribution in [0.4, 0.5) is 5.69 Å². The molecule has 0 bridgehead atoms. The third-order valence-electron chi connectivity index (χ3n) is 3.37. The minimum absolute atomic E-state index is 0.0175. The summed E-state index contributed by atoms with van der Waals surface area (Å²) in [5, 5.41) is 3.02. The smallest absolute Gasteiger partial charge is 0.234 e. The lowest BCUT2D eigenvalue weighted by Crippen LogP contribution is -2.14. The van der Waals surface area contributed by atoms with Crippen LogP contribution >= 0.6 is 27.7 Å². The Morgan fingerprint density at radius 2 is 2.13 bits per heavy atom. The molecule has 2 aromatic carbocycles. The van der Waals surface area contributed by atoms with E-state index in [0.29, 0.717) is 5.75 Å². The molecule has 3 rings (SSSR count). The number of nitrogens with one attached hydrogen (secondary N) is 2. The highest BCUT2D eigenvalue weighted by atomic mass is 79.9. The van der Waals surface area contributed by atoms with E-state index in [2.05, 4.69) is 38.1 Å². The molecule has 1 aromatic heterocycles. The summed E-state index contributed by atoms with van der Waals surface area (Å²) in [4.78, 5) is 19.9. The number of aromatic nitrogens is 2. The van der Waals surface area contributed by atoms with E-state index in [0.717, 1.165) is 27.0 Å². The van der Waals surface area contributed by atoms with Gasteiger partial charge in [0.1, 0.15) is 5.82 Å². The van der Waals surface area contributed by atoms with Gasteiger partial charge in [0.2, 0.25) is 5.91 Å². The zero-order valence-corrected chi connectivity index (χ0v) is 14.9. The SMILES string of the molecule is C[C@@H](SCC(=O)Nc1cccc(Br)c1)c1nc2ccccc2[nH]1. The number of fused-ring (bicyclic) bond motifs is 1. The van der Waals surface area contributed by atoms with E-state index < -0.39 is 0 Å². The van der Waals surface area contributed by atoms with E-state index in [1.54, 1.807) is 11.8 Å². The van der Waals surface area contributed by atoms with Crippen LogP contribution in [-0.2, 0) is 4.79 Å². The van der Waals surface area contributed by atoms with Crippen molar-refractivity contribution in [3.63, 3.8) is 0 Å². The first kappa shape index (κ1) is 16.1. The van der Waals surface area contributed by atoms with Crippen molar-refractivity contribution in [3.05, 3.63) is 58.8 Å². The number of H-pyrrole nitrogens is 1. The predicted octanol–water partition coefficient (Wildman–Crippen LogP) is 4.76. The number of hydrogen-bond acceptors (Lipinski definition) is 3. The van der Waals surface area contributed by atoms with Gasteiger partial charge in [-0.2, -0.15) is 0 Å². The van der Waals surface area contributed by atoms with Gasteiger partial charge in [0.25, 0.3) is 0 Å². The molecule has 3 aromatic rings. The number of nitrogens with zero attached hydrogens (tertiary/aromatic N) is 1. The standard InChI is InChI=1S/C17H16BrN3OS/c1-11(17-20-14-7-2-3-8-15(14)21-17)23-10-16(22)19-13-6-4-5-12(18)9-13/h2-9,11H,10H2,1H3,(H,19,22)(H,20,21)/t11-/m1/s1. The van der Waals surface area contributed by atoms with Crippen LogP contribution < -0.4 is 5.32 Å². The largest absolute Gasteiger partial charge is 0.341 e. The molecular formula is C17H16BrN3OS. The van der Waals surface area contributed by atoms with Crippen molar-refractivity contribution < 1.29 is 4.79 Å². The molecule has 0 radical (unpaired) electrons. The van der Waals surface area contributed by atoms with E-state index in [1.807, 2.05) is 48.5 Å². The van der Waals surface area contributed by atoms with Gasteiger partial charge in [-0.05, 0) is 37.3 Å². The van der Waals surface area contributed by atoms with Crippen LogP contribution in [0.5, 0.6) is 0 Å². The van der Waals surface area contributed by atoms with Crippen LogP contribution in [0.15, 0.2) is 53.0 Å². The molecule has 1 heterocycles. The summed E-state index contributed by atoms with van der Waals surface area (Å²) in [5.74, 6) is 1.26. The molecule has 0 fully saturated rings. The molecule has 1 amide bonds. The predicted molar refractivity (Wildman–Crippen MR) is 99.7 cm³/mol. The number of imidazole rings is 1. The van der Waals surface area contributed by atoms with Crippen LogP contribution in [0.2, 0.25) is 0 Å². The van der Waals surface area contributed by atoms with Gasteiger partial charge >= 0.3 is 0 Å². The van der Waals surface area contributed by atoms with Crippen LogP contribution in [0, 0.1) is 0 Å². The van der Waals surface area contributed by atoms with Gasteiger partial charge in [0.15, 0.2) is 0 Å². The molecular weight excluding hydrogens is 374 g/mol. The maximum absolute atomic E-state index is 12.1. The lowest BCUT2D eigenvalue weighted by Gasteiger charge is -2.09. The summed E-state index contributed by atoms with van der Waals surface area (Å²) in [6.45, 7) is 2.05. The van der Waals surface area contributed by atoms with E-state index in [9.17, 15) is 4.79 Å². The number of halogens is 1. The lowest BCUT2D eigenvalue weighted by atomic mass is 10.3. The molecule has 0 aliphatic heterocycles. The van der Waals surface area contributed by atoms with Crippen molar-refractivity contribution in [2.75, 3.05) is 11.1 Å². The van der Waals surface area contributed by atoms with Crippen LogP contribution in [0.3, 0.4) is 0 Å². The molecule has 23 heavy (non-hydrogen) atoms. The lowest BCUT2D eigenvalue weighted by molar-refractivity contribution is -0.113. The Bertz CT molecular complexity index is 800. The summed E-state index contributed by atoms with van der Waals surface area (Å²) in [6.07, 6.45) is 0. The second-order valence-electron chi connectivity index (χ2n) is 5.15. The molecule has 1 atom stereocenters. The number of carbonyl (C=O) groups excluding carboxylic acids is 1. The first-order valence-corrected chi connectivity index (χ1v) is 9.07. The molecule has 0 spiro atoms. The van der Waals surface area contributed by atoms with Crippen molar-refractivity contribution in [2.24, 2.45) is 0 Å². The number of aromatic amines is 1. The van der Waals surface area contributed by atoms with E-state index >= 15 is 0 Å². The van der Waals surface area contributed by atoms with Gasteiger partial charge in [0, 0.05) is 10.2 Å². The molecule has 0 aliphatic rings. The Kier molecular flexibility index (Phi) is 5.03. The Balaban J connectivity index is 1.57. The third-order valence-corrected chi connectivity index (χ3v) is 5.01. The second kappa shape index (κ2) is 7.19. The fourth-order valence-corrected chi connectivity index (χ4v) is 3.35.